The van der Waals surface area contributed by atoms with Crippen LogP contribution in [0.15, 0.2) is 40.9 Å². The topological polar surface area (TPSA) is 26.3 Å². The molecule has 2 nitrogen and oxygen atoms in total. The van der Waals surface area contributed by atoms with Gasteiger partial charge in [-0.05, 0) is 51.8 Å². The highest BCUT2D eigenvalue weighted by Crippen LogP contribution is 2.25. The van der Waals surface area contributed by atoms with E-state index in [1.165, 1.54) is 13.2 Å². The molecule has 0 heterocycles. The predicted octanol–water partition coefficient (Wildman–Crippen LogP) is 4.68. The number of rotatable bonds is 4. The standard InChI is InChI=1S/C15H11BrClFO2/c1-20-15-8-10(17)3-4-11(15)14(19)7-9-2-5-13(18)12(16)6-9/h2-6,8H,7H2,1H3. The van der Waals surface area contributed by atoms with Gasteiger partial charge in [-0.1, -0.05) is 17.7 Å². The molecule has 0 saturated heterocycles. The number of halogens is 3. The van der Waals surface area contributed by atoms with Gasteiger partial charge in [0.2, 0.25) is 0 Å². The Morgan fingerprint density at radius 1 is 1.30 bits per heavy atom. The molecule has 0 N–H and O–H groups in total. The number of hydrogen-bond acceptors (Lipinski definition) is 2. The SMILES string of the molecule is COc1cc(Cl)ccc1C(=O)Cc1ccc(F)c(Br)c1. The van der Waals surface area contributed by atoms with Crippen molar-refractivity contribution in [3.05, 3.63) is 62.8 Å². The first kappa shape index (κ1) is 15.0. The highest BCUT2D eigenvalue weighted by atomic mass is 79.9. The number of carbonyl (C=O) groups is 1. The van der Waals surface area contributed by atoms with Crippen molar-refractivity contribution in [3.8, 4) is 5.75 Å². The minimum absolute atomic E-state index is 0.114. The van der Waals surface area contributed by atoms with E-state index in [9.17, 15) is 9.18 Å². The summed E-state index contributed by atoms with van der Waals surface area (Å²) in [5.41, 5.74) is 1.18. The van der Waals surface area contributed by atoms with E-state index in [-0.39, 0.29) is 18.0 Å². The van der Waals surface area contributed by atoms with E-state index in [4.69, 9.17) is 16.3 Å². The first-order valence-corrected chi connectivity index (χ1v) is 6.99. The fourth-order valence-electron chi connectivity index (χ4n) is 1.83. The Bertz CT molecular complexity index is 658. The molecule has 0 bridgehead atoms. The molecule has 0 aliphatic heterocycles. The van der Waals surface area contributed by atoms with Crippen molar-refractivity contribution < 1.29 is 13.9 Å². The summed E-state index contributed by atoms with van der Waals surface area (Å²) < 4.78 is 18.6. The smallest absolute Gasteiger partial charge is 0.170 e. The fraction of sp³-hybridized carbons (Fsp3) is 0.133. The number of ketones is 1. The second-order valence-corrected chi connectivity index (χ2v) is 5.48. The zero-order chi connectivity index (χ0) is 14.7. The number of carbonyl (C=O) groups excluding carboxylic acids is 1. The van der Waals surface area contributed by atoms with Gasteiger partial charge in [-0.15, -0.1) is 0 Å². The zero-order valence-electron chi connectivity index (χ0n) is 10.6. The molecule has 0 aliphatic carbocycles. The molecule has 104 valence electrons. The second-order valence-electron chi connectivity index (χ2n) is 4.19. The zero-order valence-corrected chi connectivity index (χ0v) is 13.0. The van der Waals surface area contributed by atoms with E-state index in [1.54, 1.807) is 30.3 Å². The summed E-state index contributed by atoms with van der Waals surface area (Å²) in [5.74, 6) is -0.0361. The van der Waals surface area contributed by atoms with Gasteiger partial charge in [-0.25, -0.2) is 4.39 Å². The van der Waals surface area contributed by atoms with Crippen molar-refractivity contribution >= 4 is 33.3 Å². The molecule has 0 atom stereocenters. The van der Waals surface area contributed by atoms with Crippen molar-refractivity contribution in [2.75, 3.05) is 7.11 Å². The molecule has 5 heteroatoms. The lowest BCUT2D eigenvalue weighted by Crippen LogP contribution is -2.06. The lowest BCUT2D eigenvalue weighted by atomic mass is 10.0. The van der Waals surface area contributed by atoms with Crippen LogP contribution in [0.2, 0.25) is 5.02 Å². The van der Waals surface area contributed by atoms with Gasteiger partial charge in [0.1, 0.15) is 11.6 Å². The lowest BCUT2D eigenvalue weighted by molar-refractivity contribution is 0.0990. The first-order valence-electron chi connectivity index (χ1n) is 5.82. The molecule has 0 fully saturated rings. The summed E-state index contributed by atoms with van der Waals surface area (Å²) in [7, 11) is 1.48. The van der Waals surface area contributed by atoms with Crippen LogP contribution in [0.1, 0.15) is 15.9 Å². The van der Waals surface area contributed by atoms with Gasteiger partial charge in [0, 0.05) is 11.4 Å². The van der Waals surface area contributed by atoms with Crippen LogP contribution in [0.4, 0.5) is 4.39 Å². The molecule has 20 heavy (non-hydrogen) atoms. The predicted molar refractivity (Wildman–Crippen MR) is 80.1 cm³/mol. The third-order valence-electron chi connectivity index (χ3n) is 2.81. The van der Waals surface area contributed by atoms with Crippen molar-refractivity contribution in [3.63, 3.8) is 0 Å². The highest BCUT2D eigenvalue weighted by Gasteiger charge is 2.14. The third kappa shape index (κ3) is 3.38. The number of hydrogen-bond donors (Lipinski definition) is 0. The average Bonchev–Trinajstić information content (AvgIpc) is 2.42. The number of methoxy groups -OCH3 is 1. The Kier molecular flexibility index (Phi) is 4.78. The maximum absolute atomic E-state index is 13.2. The average molecular weight is 358 g/mol. The summed E-state index contributed by atoms with van der Waals surface area (Å²) in [5, 5.41) is 0.503. The van der Waals surface area contributed by atoms with Crippen LogP contribution in [-0.4, -0.2) is 12.9 Å². The molecule has 0 unspecified atom stereocenters. The van der Waals surface area contributed by atoms with Gasteiger partial charge in [-0.2, -0.15) is 0 Å². The van der Waals surface area contributed by atoms with E-state index < -0.39 is 0 Å². The first-order chi connectivity index (χ1) is 9.51. The van der Waals surface area contributed by atoms with Crippen LogP contribution in [0.5, 0.6) is 5.75 Å². The van der Waals surface area contributed by atoms with E-state index >= 15 is 0 Å². The maximum Gasteiger partial charge on any atom is 0.170 e. The minimum atomic E-state index is -0.356. The summed E-state index contributed by atoms with van der Waals surface area (Å²) in [6.07, 6.45) is 0.164. The summed E-state index contributed by atoms with van der Waals surface area (Å²) in [6, 6.07) is 9.36. The summed E-state index contributed by atoms with van der Waals surface area (Å²) in [4.78, 5) is 12.3. The molecule has 0 aliphatic rings. The third-order valence-corrected chi connectivity index (χ3v) is 3.66. The largest absolute Gasteiger partial charge is 0.496 e. The Labute approximate surface area is 129 Å². The van der Waals surface area contributed by atoms with Crippen molar-refractivity contribution in [1.82, 2.24) is 0 Å². The van der Waals surface area contributed by atoms with Crippen LogP contribution in [-0.2, 0) is 6.42 Å². The summed E-state index contributed by atoms with van der Waals surface area (Å²) >= 11 is 8.96. The van der Waals surface area contributed by atoms with E-state index in [2.05, 4.69) is 15.9 Å². The van der Waals surface area contributed by atoms with Crippen molar-refractivity contribution in [1.29, 1.82) is 0 Å². The fourth-order valence-corrected chi connectivity index (χ4v) is 2.41. The van der Waals surface area contributed by atoms with Gasteiger partial charge < -0.3 is 4.74 Å². The molecule has 0 amide bonds. The Morgan fingerprint density at radius 3 is 2.70 bits per heavy atom. The molecule has 2 rings (SSSR count). The van der Waals surface area contributed by atoms with Crippen LogP contribution in [0.3, 0.4) is 0 Å². The maximum atomic E-state index is 13.2. The van der Waals surface area contributed by atoms with Gasteiger partial charge in [0.25, 0.3) is 0 Å². The molecule has 0 aromatic heterocycles. The van der Waals surface area contributed by atoms with E-state index in [1.807, 2.05) is 0 Å². The molecular formula is C15H11BrClFO2. The van der Waals surface area contributed by atoms with Gasteiger partial charge in [0.05, 0.1) is 17.1 Å². The second kappa shape index (κ2) is 6.37. The van der Waals surface area contributed by atoms with Crippen LogP contribution < -0.4 is 4.74 Å². The van der Waals surface area contributed by atoms with Crippen LogP contribution in [0.25, 0.3) is 0 Å². The molecular weight excluding hydrogens is 347 g/mol. The quantitative estimate of drug-likeness (QED) is 0.743. The van der Waals surface area contributed by atoms with E-state index in [0.717, 1.165) is 5.56 Å². The van der Waals surface area contributed by atoms with Crippen LogP contribution >= 0.6 is 27.5 Å². The number of Topliss-reactive ketones (excluding diaryl/α,β-unsaturated/α-hetero) is 1. The minimum Gasteiger partial charge on any atom is -0.496 e. The highest BCUT2D eigenvalue weighted by molar-refractivity contribution is 9.10. The Hall–Kier alpha value is -1.39. The summed E-state index contributed by atoms with van der Waals surface area (Å²) in [6.45, 7) is 0. The number of ether oxygens (including phenoxy) is 1. The van der Waals surface area contributed by atoms with Gasteiger partial charge in [0.15, 0.2) is 5.78 Å². The molecule has 0 saturated carbocycles. The van der Waals surface area contributed by atoms with Crippen molar-refractivity contribution in [2.45, 2.75) is 6.42 Å². The van der Waals surface area contributed by atoms with E-state index in [0.29, 0.717) is 20.8 Å². The molecule has 2 aromatic rings. The normalized spacial score (nSPS) is 10.4. The van der Waals surface area contributed by atoms with Gasteiger partial charge in [-0.3, -0.25) is 4.79 Å². The van der Waals surface area contributed by atoms with Crippen LogP contribution in [0, 0.1) is 5.82 Å². The molecule has 0 radical (unpaired) electrons. The monoisotopic (exact) mass is 356 g/mol. The molecule has 2 aromatic carbocycles. The Balaban J connectivity index is 2.25. The number of benzene rings is 2. The Morgan fingerprint density at radius 2 is 2.05 bits per heavy atom. The lowest BCUT2D eigenvalue weighted by Gasteiger charge is -2.08. The molecule has 0 spiro atoms. The van der Waals surface area contributed by atoms with Gasteiger partial charge >= 0.3 is 0 Å². The van der Waals surface area contributed by atoms with Crippen molar-refractivity contribution in [2.24, 2.45) is 0 Å².